The van der Waals surface area contributed by atoms with Gasteiger partial charge in [-0.1, -0.05) is 0 Å². The molecule has 0 bridgehead atoms. The molecule has 0 spiro atoms. The second-order valence-corrected chi connectivity index (χ2v) is 6.23. The molecule has 0 saturated carbocycles. The highest BCUT2D eigenvalue weighted by atomic mass is 32.1. The van der Waals surface area contributed by atoms with E-state index in [4.69, 9.17) is 14.5 Å². The molecule has 0 N–H and O–H groups in total. The number of fused-ring (bicyclic) bond motifs is 1. The van der Waals surface area contributed by atoms with Crippen LogP contribution in [0, 0.1) is 0 Å². The Hall–Kier alpha value is -0.940. The first-order valence-corrected chi connectivity index (χ1v) is 7.85. The molecule has 0 aromatic carbocycles. The van der Waals surface area contributed by atoms with Gasteiger partial charge in [-0.2, -0.15) is 0 Å². The van der Waals surface area contributed by atoms with Gasteiger partial charge in [-0.15, -0.1) is 11.3 Å². The van der Waals surface area contributed by atoms with E-state index in [1.807, 2.05) is 6.92 Å². The summed E-state index contributed by atoms with van der Waals surface area (Å²) < 4.78 is 10.6. The van der Waals surface area contributed by atoms with Crippen LogP contribution in [-0.4, -0.2) is 30.8 Å². The third kappa shape index (κ3) is 2.54. The average Bonchev–Trinajstić information content (AvgIpc) is 3.06. The van der Waals surface area contributed by atoms with Gasteiger partial charge < -0.3 is 9.47 Å². The SMILES string of the molecule is CCOC(=O)C1CCCc2sc(C3CCOC3)nc21. The number of carbonyl (C=O) groups is 1. The highest BCUT2D eigenvalue weighted by molar-refractivity contribution is 7.11. The molecule has 3 rings (SSSR count). The topological polar surface area (TPSA) is 48.4 Å². The summed E-state index contributed by atoms with van der Waals surface area (Å²) in [5, 5.41) is 1.15. The van der Waals surface area contributed by atoms with Crippen LogP contribution in [0.25, 0.3) is 0 Å². The molecule has 19 heavy (non-hydrogen) atoms. The van der Waals surface area contributed by atoms with Crippen LogP contribution in [0.15, 0.2) is 0 Å². The predicted octanol–water partition coefficient (Wildman–Crippen LogP) is 2.63. The molecular formula is C14H19NO3S. The minimum atomic E-state index is -0.143. The molecular weight excluding hydrogens is 262 g/mol. The van der Waals surface area contributed by atoms with Crippen molar-refractivity contribution in [2.24, 2.45) is 0 Å². The number of esters is 1. The molecule has 1 aromatic rings. The number of ether oxygens (including phenoxy) is 2. The molecule has 1 aliphatic carbocycles. The van der Waals surface area contributed by atoms with Gasteiger partial charge in [-0.05, 0) is 32.6 Å². The first kappa shape index (κ1) is 13.1. The monoisotopic (exact) mass is 281 g/mol. The minimum Gasteiger partial charge on any atom is -0.465 e. The Morgan fingerprint density at radius 2 is 2.42 bits per heavy atom. The van der Waals surface area contributed by atoms with Crippen molar-refractivity contribution in [3.8, 4) is 0 Å². The molecule has 2 atom stereocenters. The lowest BCUT2D eigenvalue weighted by atomic mass is 9.91. The standard InChI is InChI=1S/C14H19NO3S/c1-2-18-14(16)10-4-3-5-11-12(10)15-13(19-11)9-6-7-17-8-9/h9-10H,2-8H2,1H3. The Morgan fingerprint density at radius 3 is 3.16 bits per heavy atom. The fourth-order valence-electron chi connectivity index (χ4n) is 2.81. The van der Waals surface area contributed by atoms with Crippen LogP contribution in [0.2, 0.25) is 0 Å². The maximum Gasteiger partial charge on any atom is 0.315 e. The Morgan fingerprint density at radius 1 is 1.53 bits per heavy atom. The van der Waals surface area contributed by atoms with Crippen molar-refractivity contribution in [2.45, 2.75) is 44.4 Å². The van der Waals surface area contributed by atoms with Gasteiger partial charge in [0.05, 0.1) is 23.9 Å². The van der Waals surface area contributed by atoms with Gasteiger partial charge in [0.15, 0.2) is 0 Å². The van der Waals surface area contributed by atoms with Crippen LogP contribution in [-0.2, 0) is 20.7 Å². The van der Waals surface area contributed by atoms with Crippen molar-refractivity contribution in [1.82, 2.24) is 4.98 Å². The zero-order chi connectivity index (χ0) is 13.2. The highest BCUT2D eigenvalue weighted by Gasteiger charge is 2.33. The third-order valence-electron chi connectivity index (χ3n) is 3.82. The number of hydrogen-bond donors (Lipinski definition) is 0. The van der Waals surface area contributed by atoms with Crippen LogP contribution >= 0.6 is 11.3 Å². The van der Waals surface area contributed by atoms with E-state index < -0.39 is 0 Å². The van der Waals surface area contributed by atoms with Crippen LogP contribution in [0.1, 0.15) is 53.6 Å². The number of aryl methyl sites for hydroxylation is 1. The largest absolute Gasteiger partial charge is 0.465 e. The van der Waals surface area contributed by atoms with Crippen LogP contribution in [0.4, 0.5) is 0 Å². The van der Waals surface area contributed by atoms with Gasteiger partial charge in [-0.3, -0.25) is 4.79 Å². The van der Waals surface area contributed by atoms with E-state index in [-0.39, 0.29) is 11.9 Å². The number of thiazole rings is 1. The van der Waals surface area contributed by atoms with Gasteiger partial charge in [0, 0.05) is 17.4 Å². The zero-order valence-corrected chi connectivity index (χ0v) is 12.0. The fraction of sp³-hybridized carbons (Fsp3) is 0.714. The molecule has 5 heteroatoms. The fourth-order valence-corrected chi connectivity index (χ4v) is 4.10. The molecule has 0 radical (unpaired) electrons. The number of nitrogens with zero attached hydrogens (tertiary/aromatic N) is 1. The second-order valence-electron chi connectivity index (χ2n) is 5.12. The predicted molar refractivity (Wildman–Crippen MR) is 72.6 cm³/mol. The Balaban J connectivity index is 1.85. The van der Waals surface area contributed by atoms with Gasteiger partial charge in [0.2, 0.25) is 0 Å². The van der Waals surface area contributed by atoms with Gasteiger partial charge >= 0.3 is 5.97 Å². The normalized spacial score (nSPS) is 26.2. The summed E-state index contributed by atoms with van der Waals surface area (Å²) in [6.45, 7) is 3.90. The van der Waals surface area contributed by atoms with Crippen molar-refractivity contribution in [2.75, 3.05) is 19.8 Å². The molecule has 0 amide bonds. The lowest BCUT2D eigenvalue weighted by molar-refractivity contribution is -0.145. The number of carbonyl (C=O) groups excluding carboxylic acids is 1. The summed E-state index contributed by atoms with van der Waals surface area (Å²) in [7, 11) is 0. The number of aromatic nitrogens is 1. The summed E-state index contributed by atoms with van der Waals surface area (Å²) >= 11 is 1.77. The van der Waals surface area contributed by atoms with Crippen molar-refractivity contribution in [1.29, 1.82) is 0 Å². The van der Waals surface area contributed by atoms with E-state index in [9.17, 15) is 4.79 Å². The zero-order valence-electron chi connectivity index (χ0n) is 11.2. The lowest BCUT2D eigenvalue weighted by Gasteiger charge is -2.19. The first-order valence-electron chi connectivity index (χ1n) is 7.03. The van der Waals surface area contributed by atoms with Crippen molar-refractivity contribution < 1.29 is 14.3 Å². The molecule has 4 nitrogen and oxygen atoms in total. The molecule has 1 aliphatic heterocycles. The van der Waals surface area contributed by atoms with Crippen LogP contribution in [0.5, 0.6) is 0 Å². The van der Waals surface area contributed by atoms with E-state index in [1.54, 1.807) is 11.3 Å². The highest BCUT2D eigenvalue weighted by Crippen LogP contribution is 2.39. The number of hydrogen-bond acceptors (Lipinski definition) is 5. The molecule has 2 heterocycles. The first-order chi connectivity index (χ1) is 9.29. The Labute approximate surface area is 117 Å². The van der Waals surface area contributed by atoms with Crippen molar-refractivity contribution in [3.63, 3.8) is 0 Å². The maximum absolute atomic E-state index is 12.0. The van der Waals surface area contributed by atoms with Crippen molar-refractivity contribution in [3.05, 3.63) is 15.6 Å². The third-order valence-corrected chi connectivity index (χ3v) is 5.11. The van der Waals surface area contributed by atoms with Gasteiger partial charge in [0.1, 0.15) is 5.92 Å². The van der Waals surface area contributed by atoms with E-state index in [2.05, 4.69) is 0 Å². The smallest absolute Gasteiger partial charge is 0.315 e. The average molecular weight is 281 g/mol. The Bertz CT molecular complexity index is 465. The van der Waals surface area contributed by atoms with E-state index in [1.165, 1.54) is 4.88 Å². The van der Waals surface area contributed by atoms with E-state index in [0.29, 0.717) is 12.5 Å². The van der Waals surface area contributed by atoms with Crippen LogP contribution < -0.4 is 0 Å². The minimum absolute atomic E-state index is 0.108. The molecule has 2 aliphatic rings. The van der Waals surface area contributed by atoms with Gasteiger partial charge in [0.25, 0.3) is 0 Å². The summed E-state index contributed by atoms with van der Waals surface area (Å²) in [6.07, 6.45) is 4.03. The molecule has 2 unspecified atom stereocenters. The van der Waals surface area contributed by atoms with E-state index in [0.717, 1.165) is 49.6 Å². The second kappa shape index (κ2) is 5.59. The van der Waals surface area contributed by atoms with Gasteiger partial charge in [-0.25, -0.2) is 4.98 Å². The Kier molecular flexibility index (Phi) is 3.84. The van der Waals surface area contributed by atoms with Crippen LogP contribution in [0.3, 0.4) is 0 Å². The number of rotatable bonds is 3. The lowest BCUT2D eigenvalue weighted by Crippen LogP contribution is -2.20. The maximum atomic E-state index is 12.0. The molecule has 1 saturated heterocycles. The molecule has 104 valence electrons. The van der Waals surface area contributed by atoms with Crippen molar-refractivity contribution >= 4 is 17.3 Å². The summed E-state index contributed by atoms with van der Waals surface area (Å²) in [5.41, 5.74) is 0.983. The molecule has 1 fully saturated rings. The molecule has 1 aromatic heterocycles. The summed E-state index contributed by atoms with van der Waals surface area (Å²) in [4.78, 5) is 18.0. The quantitative estimate of drug-likeness (QED) is 0.799. The van der Waals surface area contributed by atoms with E-state index >= 15 is 0 Å². The summed E-state index contributed by atoms with van der Waals surface area (Å²) in [6, 6.07) is 0. The summed E-state index contributed by atoms with van der Waals surface area (Å²) in [5.74, 6) is 0.178.